The van der Waals surface area contributed by atoms with Gasteiger partial charge in [-0.2, -0.15) is 0 Å². The Hall–Kier alpha value is -0.580. The van der Waals surface area contributed by atoms with Crippen LogP contribution in [0, 0.1) is 19.7 Å². The third-order valence-electron chi connectivity index (χ3n) is 3.40. The molecule has 0 saturated heterocycles. The molecule has 21 heavy (non-hydrogen) atoms. The molecule has 2 aromatic carbocycles. The van der Waals surface area contributed by atoms with E-state index in [0.29, 0.717) is 10.6 Å². The van der Waals surface area contributed by atoms with Crippen molar-refractivity contribution >= 4 is 43.5 Å². The van der Waals surface area contributed by atoms with E-state index < -0.39 is 0 Å². The highest BCUT2D eigenvalue weighted by molar-refractivity contribution is 9.10. The number of ether oxygens (including phenoxy) is 1. The van der Waals surface area contributed by atoms with Crippen molar-refractivity contribution in [2.24, 2.45) is 0 Å². The van der Waals surface area contributed by atoms with E-state index in [1.54, 1.807) is 13.2 Å². The lowest BCUT2D eigenvalue weighted by atomic mass is 9.96. The van der Waals surface area contributed by atoms with Gasteiger partial charge in [-0.25, -0.2) is 4.39 Å². The lowest BCUT2D eigenvalue weighted by molar-refractivity contribution is 0.406. The average Bonchev–Trinajstić information content (AvgIpc) is 2.44. The number of alkyl halides is 1. The molecule has 0 spiro atoms. The van der Waals surface area contributed by atoms with E-state index in [1.165, 1.54) is 12.1 Å². The van der Waals surface area contributed by atoms with Crippen LogP contribution in [0.15, 0.2) is 28.7 Å². The summed E-state index contributed by atoms with van der Waals surface area (Å²) in [4.78, 5) is -0.345. The quantitative estimate of drug-likeness (QED) is 0.510. The fourth-order valence-corrected chi connectivity index (χ4v) is 3.96. The molecule has 0 N–H and O–H groups in total. The summed E-state index contributed by atoms with van der Waals surface area (Å²) in [5, 5.41) is 0.499. The zero-order valence-corrected chi connectivity index (χ0v) is 15.7. The zero-order chi connectivity index (χ0) is 15.7. The fraction of sp³-hybridized carbons (Fsp3) is 0.250. The summed E-state index contributed by atoms with van der Waals surface area (Å²) in [6, 6.07) is 6.53. The van der Waals surface area contributed by atoms with Crippen molar-refractivity contribution in [3.8, 4) is 5.75 Å². The lowest BCUT2D eigenvalue weighted by Crippen LogP contribution is -2.04. The SMILES string of the molecule is COc1c(C)cc(Br)c(C)c1C(Br)c1cc(Cl)ccc1F. The van der Waals surface area contributed by atoms with Crippen LogP contribution in [0.5, 0.6) is 5.75 Å². The molecule has 1 unspecified atom stereocenters. The van der Waals surface area contributed by atoms with Crippen LogP contribution in [0.1, 0.15) is 27.1 Å². The standard InChI is InChI=1S/C16H14Br2ClFO/c1-8-6-12(17)9(2)14(16(8)21-3)15(18)11-7-10(19)4-5-13(11)20/h4-7,15H,1-3H3. The average molecular weight is 437 g/mol. The first-order valence-electron chi connectivity index (χ1n) is 6.29. The van der Waals surface area contributed by atoms with E-state index in [9.17, 15) is 4.39 Å². The Morgan fingerprint density at radius 2 is 1.90 bits per heavy atom. The molecule has 0 aromatic heterocycles. The molecule has 1 atom stereocenters. The van der Waals surface area contributed by atoms with Crippen molar-refractivity contribution in [2.45, 2.75) is 18.7 Å². The summed E-state index contributed by atoms with van der Waals surface area (Å²) < 4.78 is 20.6. The molecule has 112 valence electrons. The predicted molar refractivity (Wildman–Crippen MR) is 92.3 cm³/mol. The van der Waals surface area contributed by atoms with Gasteiger partial charge in [0.2, 0.25) is 0 Å². The van der Waals surface area contributed by atoms with Gasteiger partial charge < -0.3 is 4.74 Å². The Morgan fingerprint density at radius 3 is 2.52 bits per heavy atom. The Morgan fingerprint density at radius 1 is 1.24 bits per heavy atom. The van der Waals surface area contributed by atoms with E-state index in [4.69, 9.17) is 16.3 Å². The molecule has 0 aliphatic heterocycles. The number of hydrogen-bond acceptors (Lipinski definition) is 1. The second-order valence-electron chi connectivity index (χ2n) is 4.78. The Kier molecular flexibility index (Phi) is 5.33. The highest BCUT2D eigenvalue weighted by Crippen LogP contribution is 2.44. The van der Waals surface area contributed by atoms with Crippen LogP contribution >= 0.6 is 43.5 Å². The van der Waals surface area contributed by atoms with E-state index in [-0.39, 0.29) is 10.6 Å². The van der Waals surface area contributed by atoms with Gasteiger partial charge in [0.15, 0.2) is 0 Å². The Bertz CT molecular complexity index is 688. The largest absolute Gasteiger partial charge is 0.496 e. The summed E-state index contributed by atoms with van der Waals surface area (Å²) in [7, 11) is 1.62. The van der Waals surface area contributed by atoms with Crippen LogP contribution < -0.4 is 4.74 Å². The van der Waals surface area contributed by atoms with Gasteiger partial charge in [0, 0.05) is 20.6 Å². The maximum Gasteiger partial charge on any atom is 0.127 e. The molecule has 0 aliphatic carbocycles. The molecule has 2 aromatic rings. The molecule has 0 heterocycles. The van der Waals surface area contributed by atoms with Gasteiger partial charge in [-0.15, -0.1) is 0 Å². The number of rotatable bonds is 3. The smallest absolute Gasteiger partial charge is 0.127 e. The number of methoxy groups -OCH3 is 1. The first-order valence-corrected chi connectivity index (χ1v) is 8.38. The first kappa shape index (κ1) is 16.8. The maximum atomic E-state index is 14.1. The molecular weight excluding hydrogens is 422 g/mol. The zero-order valence-electron chi connectivity index (χ0n) is 11.8. The molecule has 0 aliphatic rings. The van der Waals surface area contributed by atoms with E-state index in [2.05, 4.69) is 31.9 Å². The Balaban J connectivity index is 2.68. The van der Waals surface area contributed by atoms with Crippen LogP contribution in [0.25, 0.3) is 0 Å². The van der Waals surface area contributed by atoms with Gasteiger partial charge in [-0.1, -0.05) is 43.5 Å². The van der Waals surface area contributed by atoms with Crippen LogP contribution in [0.2, 0.25) is 5.02 Å². The van der Waals surface area contributed by atoms with Crippen molar-refractivity contribution in [3.05, 3.63) is 61.8 Å². The normalized spacial score (nSPS) is 12.3. The van der Waals surface area contributed by atoms with Gasteiger partial charge >= 0.3 is 0 Å². The molecule has 5 heteroatoms. The molecule has 1 nitrogen and oxygen atoms in total. The molecule has 0 radical (unpaired) electrons. The van der Waals surface area contributed by atoms with Gasteiger partial charge in [0.25, 0.3) is 0 Å². The van der Waals surface area contributed by atoms with Crippen LogP contribution in [0.3, 0.4) is 0 Å². The minimum atomic E-state index is -0.345. The predicted octanol–water partition coefficient (Wildman–Crippen LogP) is 6.35. The summed E-state index contributed by atoms with van der Waals surface area (Å²) in [6.07, 6.45) is 0. The summed E-state index contributed by atoms with van der Waals surface area (Å²) in [6.45, 7) is 3.93. The minimum absolute atomic E-state index is 0.305. The number of halogens is 4. The summed E-state index contributed by atoms with van der Waals surface area (Å²) >= 11 is 13.1. The maximum absolute atomic E-state index is 14.1. The first-order chi connectivity index (χ1) is 9.86. The van der Waals surface area contributed by atoms with E-state index in [1.807, 2.05) is 19.9 Å². The van der Waals surface area contributed by atoms with Gasteiger partial charge in [0.1, 0.15) is 11.6 Å². The highest BCUT2D eigenvalue weighted by atomic mass is 79.9. The van der Waals surface area contributed by atoms with Crippen molar-refractivity contribution in [1.29, 1.82) is 0 Å². The van der Waals surface area contributed by atoms with E-state index in [0.717, 1.165) is 26.9 Å². The second kappa shape index (κ2) is 6.67. The Labute approximate surface area is 145 Å². The molecule has 0 saturated carbocycles. The molecule has 0 fully saturated rings. The van der Waals surface area contributed by atoms with Gasteiger partial charge in [0.05, 0.1) is 11.9 Å². The van der Waals surface area contributed by atoms with Crippen LogP contribution in [0.4, 0.5) is 4.39 Å². The third kappa shape index (κ3) is 3.27. The number of aryl methyl sites for hydroxylation is 1. The fourth-order valence-electron chi connectivity index (χ4n) is 2.32. The van der Waals surface area contributed by atoms with Crippen molar-refractivity contribution in [1.82, 2.24) is 0 Å². The third-order valence-corrected chi connectivity index (χ3v) is 5.41. The molecule has 0 amide bonds. The van der Waals surface area contributed by atoms with Crippen molar-refractivity contribution < 1.29 is 9.13 Å². The molecule has 2 rings (SSSR count). The van der Waals surface area contributed by atoms with Gasteiger partial charge in [-0.05, 0) is 49.2 Å². The van der Waals surface area contributed by atoms with Crippen molar-refractivity contribution in [2.75, 3.05) is 7.11 Å². The minimum Gasteiger partial charge on any atom is -0.496 e. The lowest BCUT2D eigenvalue weighted by Gasteiger charge is -2.21. The van der Waals surface area contributed by atoms with E-state index >= 15 is 0 Å². The van der Waals surface area contributed by atoms with Gasteiger partial charge in [-0.3, -0.25) is 0 Å². The number of hydrogen-bond donors (Lipinski definition) is 0. The highest BCUT2D eigenvalue weighted by Gasteiger charge is 2.23. The van der Waals surface area contributed by atoms with Crippen molar-refractivity contribution in [3.63, 3.8) is 0 Å². The summed E-state index contributed by atoms with van der Waals surface area (Å²) in [5.41, 5.74) is 3.36. The number of benzene rings is 2. The summed E-state index contributed by atoms with van der Waals surface area (Å²) in [5.74, 6) is 0.442. The monoisotopic (exact) mass is 434 g/mol. The topological polar surface area (TPSA) is 9.23 Å². The second-order valence-corrected chi connectivity index (χ2v) is 6.98. The van der Waals surface area contributed by atoms with Crippen LogP contribution in [-0.2, 0) is 0 Å². The van der Waals surface area contributed by atoms with Crippen LogP contribution in [-0.4, -0.2) is 7.11 Å². The molecule has 0 bridgehead atoms. The molecular formula is C16H14Br2ClFO.